The predicted molar refractivity (Wildman–Crippen MR) is 74.1 cm³/mol. The van der Waals surface area contributed by atoms with Gasteiger partial charge in [0.25, 0.3) is 0 Å². The smallest absolute Gasteiger partial charge is 0.315 e. The lowest BCUT2D eigenvalue weighted by Crippen LogP contribution is -2.43. The SMILES string of the molecule is CCCC1CCC(NC(=O)NCCCC(=O)O)CC1. The summed E-state index contributed by atoms with van der Waals surface area (Å²) in [5.74, 6) is 0.0122. The molecule has 1 rings (SSSR count). The molecule has 19 heavy (non-hydrogen) atoms. The van der Waals surface area contributed by atoms with E-state index in [-0.39, 0.29) is 18.5 Å². The molecule has 3 N–H and O–H groups in total. The van der Waals surface area contributed by atoms with E-state index in [9.17, 15) is 9.59 Å². The van der Waals surface area contributed by atoms with Gasteiger partial charge in [-0.15, -0.1) is 0 Å². The van der Waals surface area contributed by atoms with E-state index in [0.717, 1.165) is 18.8 Å². The summed E-state index contributed by atoms with van der Waals surface area (Å²) in [6.07, 6.45) is 7.66. The third-order valence-corrected chi connectivity index (χ3v) is 3.73. The summed E-state index contributed by atoms with van der Waals surface area (Å²) in [6, 6.07) is 0.122. The van der Waals surface area contributed by atoms with Gasteiger partial charge in [0.1, 0.15) is 0 Å². The van der Waals surface area contributed by atoms with Gasteiger partial charge in [-0.25, -0.2) is 4.79 Å². The first-order chi connectivity index (χ1) is 9.11. The molecule has 0 spiro atoms. The van der Waals surface area contributed by atoms with Crippen molar-refractivity contribution in [3.05, 3.63) is 0 Å². The van der Waals surface area contributed by atoms with E-state index < -0.39 is 5.97 Å². The minimum atomic E-state index is -0.823. The molecular formula is C14H26N2O3. The first-order valence-electron chi connectivity index (χ1n) is 7.38. The zero-order valence-corrected chi connectivity index (χ0v) is 11.8. The topological polar surface area (TPSA) is 78.4 Å². The average Bonchev–Trinajstić information content (AvgIpc) is 2.37. The van der Waals surface area contributed by atoms with E-state index in [1.54, 1.807) is 0 Å². The first kappa shape index (κ1) is 15.8. The van der Waals surface area contributed by atoms with Crippen molar-refractivity contribution < 1.29 is 14.7 Å². The highest BCUT2D eigenvalue weighted by atomic mass is 16.4. The number of carbonyl (C=O) groups is 2. The Morgan fingerprint density at radius 1 is 1.21 bits per heavy atom. The number of aliphatic carboxylic acids is 1. The number of hydrogen-bond acceptors (Lipinski definition) is 2. The molecular weight excluding hydrogens is 244 g/mol. The van der Waals surface area contributed by atoms with E-state index in [1.807, 2.05) is 0 Å². The summed E-state index contributed by atoms with van der Waals surface area (Å²) in [4.78, 5) is 21.9. The molecule has 0 heterocycles. The van der Waals surface area contributed by atoms with E-state index >= 15 is 0 Å². The number of hydrogen-bond donors (Lipinski definition) is 3. The van der Waals surface area contributed by atoms with Crippen LogP contribution >= 0.6 is 0 Å². The van der Waals surface area contributed by atoms with E-state index in [0.29, 0.717) is 13.0 Å². The van der Waals surface area contributed by atoms with Crippen LogP contribution in [-0.4, -0.2) is 29.7 Å². The molecule has 5 nitrogen and oxygen atoms in total. The van der Waals surface area contributed by atoms with Gasteiger partial charge in [0.2, 0.25) is 0 Å². The molecule has 0 aliphatic heterocycles. The molecule has 0 atom stereocenters. The normalized spacial score (nSPS) is 22.8. The molecule has 0 bridgehead atoms. The van der Waals surface area contributed by atoms with Crippen LogP contribution in [0.1, 0.15) is 58.3 Å². The van der Waals surface area contributed by atoms with Crippen LogP contribution in [-0.2, 0) is 4.79 Å². The minimum Gasteiger partial charge on any atom is -0.481 e. The summed E-state index contributed by atoms with van der Waals surface area (Å²) in [6.45, 7) is 2.64. The Bertz CT molecular complexity index is 286. The lowest BCUT2D eigenvalue weighted by molar-refractivity contribution is -0.137. The Kier molecular flexibility index (Phi) is 7.30. The molecule has 0 radical (unpaired) electrons. The van der Waals surface area contributed by atoms with Gasteiger partial charge >= 0.3 is 12.0 Å². The maximum Gasteiger partial charge on any atom is 0.315 e. The van der Waals surface area contributed by atoms with Crippen LogP contribution in [0.5, 0.6) is 0 Å². The molecule has 2 amide bonds. The summed E-state index contributed by atoms with van der Waals surface area (Å²) in [5.41, 5.74) is 0. The monoisotopic (exact) mass is 270 g/mol. The molecule has 0 unspecified atom stereocenters. The third-order valence-electron chi connectivity index (χ3n) is 3.73. The molecule has 0 saturated heterocycles. The molecule has 110 valence electrons. The van der Waals surface area contributed by atoms with Gasteiger partial charge in [0, 0.05) is 19.0 Å². The van der Waals surface area contributed by atoms with Gasteiger partial charge in [-0.05, 0) is 38.0 Å². The van der Waals surface area contributed by atoms with Crippen molar-refractivity contribution in [2.75, 3.05) is 6.54 Å². The van der Waals surface area contributed by atoms with E-state index in [4.69, 9.17) is 5.11 Å². The van der Waals surface area contributed by atoms with Crippen molar-refractivity contribution in [3.8, 4) is 0 Å². The average molecular weight is 270 g/mol. The van der Waals surface area contributed by atoms with E-state index in [1.165, 1.54) is 25.7 Å². The molecule has 1 saturated carbocycles. The Labute approximate surface area is 115 Å². The minimum absolute atomic E-state index is 0.0996. The number of nitrogens with one attached hydrogen (secondary N) is 2. The molecule has 1 aliphatic rings. The van der Waals surface area contributed by atoms with Crippen LogP contribution in [0.2, 0.25) is 0 Å². The van der Waals surface area contributed by atoms with Crippen LogP contribution in [0.25, 0.3) is 0 Å². The van der Waals surface area contributed by atoms with Crippen molar-refractivity contribution in [3.63, 3.8) is 0 Å². The van der Waals surface area contributed by atoms with Crippen LogP contribution in [0.15, 0.2) is 0 Å². The highest BCUT2D eigenvalue weighted by Crippen LogP contribution is 2.27. The lowest BCUT2D eigenvalue weighted by Gasteiger charge is -2.28. The second kappa shape index (κ2) is 8.77. The highest BCUT2D eigenvalue weighted by molar-refractivity contribution is 5.74. The molecule has 0 aromatic carbocycles. The third kappa shape index (κ3) is 7.03. The lowest BCUT2D eigenvalue weighted by atomic mass is 9.83. The highest BCUT2D eigenvalue weighted by Gasteiger charge is 2.21. The summed E-state index contributed by atoms with van der Waals surface area (Å²) < 4.78 is 0. The Morgan fingerprint density at radius 2 is 1.89 bits per heavy atom. The molecule has 5 heteroatoms. The van der Waals surface area contributed by atoms with Gasteiger partial charge in [0.05, 0.1) is 0 Å². The molecule has 0 aromatic rings. The maximum absolute atomic E-state index is 11.6. The van der Waals surface area contributed by atoms with Gasteiger partial charge in [-0.3, -0.25) is 4.79 Å². The second-order valence-corrected chi connectivity index (χ2v) is 5.40. The van der Waals surface area contributed by atoms with Crippen molar-refractivity contribution in [1.29, 1.82) is 0 Å². The summed E-state index contributed by atoms with van der Waals surface area (Å²) >= 11 is 0. The van der Waals surface area contributed by atoms with Crippen molar-refractivity contribution >= 4 is 12.0 Å². The van der Waals surface area contributed by atoms with Gasteiger partial charge < -0.3 is 15.7 Å². The van der Waals surface area contributed by atoms with Crippen LogP contribution < -0.4 is 10.6 Å². The number of urea groups is 1. The number of rotatable bonds is 7. The predicted octanol–water partition coefficient (Wildman–Crippen LogP) is 2.51. The fourth-order valence-electron chi connectivity index (χ4n) is 2.68. The van der Waals surface area contributed by atoms with E-state index in [2.05, 4.69) is 17.6 Å². The fraction of sp³-hybridized carbons (Fsp3) is 0.857. The molecule has 0 aromatic heterocycles. The zero-order chi connectivity index (χ0) is 14.1. The fourth-order valence-corrected chi connectivity index (χ4v) is 2.68. The zero-order valence-electron chi connectivity index (χ0n) is 11.8. The largest absolute Gasteiger partial charge is 0.481 e. The Morgan fingerprint density at radius 3 is 2.47 bits per heavy atom. The number of carboxylic acid groups (broad SMARTS) is 1. The van der Waals surface area contributed by atoms with Gasteiger partial charge in [0.15, 0.2) is 0 Å². The molecule has 1 aliphatic carbocycles. The van der Waals surface area contributed by atoms with Crippen LogP contribution in [0.3, 0.4) is 0 Å². The summed E-state index contributed by atoms with van der Waals surface area (Å²) in [7, 11) is 0. The van der Waals surface area contributed by atoms with Crippen molar-refractivity contribution in [2.24, 2.45) is 5.92 Å². The van der Waals surface area contributed by atoms with Gasteiger partial charge in [-0.2, -0.15) is 0 Å². The Balaban J connectivity index is 2.08. The molecule has 1 fully saturated rings. The first-order valence-corrected chi connectivity index (χ1v) is 7.38. The standard InChI is InChI=1S/C14H26N2O3/c1-2-4-11-6-8-12(9-7-11)16-14(19)15-10-3-5-13(17)18/h11-12H,2-10H2,1H3,(H,17,18)(H2,15,16,19). The quantitative estimate of drug-likeness (QED) is 0.622. The maximum atomic E-state index is 11.6. The number of amides is 2. The van der Waals surface area contributed by atoms with Gasteiger partial charge in [-0.1, -0.05) is 19.8 Å². The van der Waals surface area contributed by atoms with Crippen molar-refractivity contribution in [2.45, 2.75) is 64.3 Å². The van der Waals surface area contributed by atoms with Crippen LogP contribution in [0, 0.1) is 5.92 Å². The summed E-state index contributed by atoms with van der Waals surface area (Å²) in [5, 5.41) is 14.2. The number of carboxylic acids is 1. The van der Waals surface area contributed by atoms with Crippen LogP contribution in [0.4, 0.5) is 4.79 Å². The van der Waals surface area contributed by atoms with Crippen molar-refractivity contribution in [1.82, 2.24) is 10.6 Å². The number of carbonyl (C=O) groups excluding carboxylic acids is 1. The second-order valence-electron chi connectivity index (χ2n) is 5.40. The Hall–Kier alpha value is -1.26.